The van der Waals surface area contributed by atoms with Gasteiger partial charge >= 0.3 is 0 Å². The van der Waals surface area contributed by atoms with Crippen LogP contribution in [-0.2, 0) is 0 Å². The van der Waals surface area contributed by atoms with Crippen LogP contribution in [0.25, 0.3) is 0 Å². The second-order valence-corrected chi connectivity index (χ2v) is 5.31. The lowest BCUT2D eigenvalue weighted by molar-refractivity contribution is 0.190. The Labute approximate surface area is 88.7 Å². The first-order valence-electron chi connectivity index (χ1n) is 6.61. The molecule has 0 spiro atoms. The highest BCUT2D eigenvalue weighted by Crippen LogP contribution is 2.33. The molecule has 1 heterocycles. The lowest BCUT2D eigenvalue weighted by atomic mass is 9.76. The lowest BCUT2D eigenvalue weighted by Gasteiger charge is -2.36. The van der Waals surface area contributed by atoms with Crippen LogP contribution >= 0.6 is 0 Å². The minimum atomic E-state index is 0.840. The molecule has 1 nitrogen and oxygen atoms in total. The summed E-state index contributed by atoms with van der Waals surface area (Å²) in [7, 11) is 0. The number of rotatable bonds is 2. The van der Waals surface area contributed by atoms with Gasteiger partial charge in [0.1, 0.15) is 0 Å². The van der Waals surface area contributed by atoms with Crippen molar-refractivity contribution in [1.29, 1.82) is 0 Å². The molecule has 0 bridgehead atoms. The predicted molar refractivity (Wildman–Crippen MR) is 61.4 cm³/mol. The van der Waals surface area contributed by atoms with E-state index in [1.54, 1.807) is 0 Å². The molecule has 1 N–H and O–H groups in total. The highest BCUT2D eigenvalue weighted by atomic mass is 14.9. The van der Waals surface area contributed by atoms with Crippen molar-refractivity contribution in [2.45, 2.75) is 64.3 Å². The van der Waals surface area contributed by atoms with Crippen molar-refractivity contribution in [3.05, 3.63) is 0 Å². The average molecular weight is 195 g/mol. The summed E-state index contributed by atoms with van der Waals surface area (Å²) in [5.41, 5.74) is 0. The van der Waals surface area contributed by atoms with Gasteiger partial charge in [-0.2, -0.15) is 0 Å². The Morgan fingerprint density at radius 3 is 2.29 bits per heavy atom. The number of nitrogens with one attached hydrogen (secondary N) is 1. The second-order valence-electron chi connectivity index (χ2n) is 5.31. The van der Waals surface area contributed by atoms with Crippen LogP contribution in [0.15, 0.2) is 0 Å². The Hall–Kier alpha value is -0.0400. The molecule has 0 aromatic heterocycles. The fourth-order valence-corrected chi connectivity index (χ4v) is 3.32. The molecule has 1 heteroatoms. The summed E-state index contributed by atoms with van der Waals surface area (Å²) in [5.74, 6) is 1.95. The van der Waals surface area contributed by atoms with Crippen LogP contribution in [0.2, 0.25) is 0 Å². The van der Waals surface area contributed by atoms with Gasteiger partial charge in [0.2, 0.25) is 0 Å². The van der Waals surface area contributed by atoms with E-state index < -0.39 is 0 Å². The minimum Gasteiger partial charge on any atom is -0.314 e. The minimum absolute atomic E-state index is 0.840. The van der Waals surface area contributed by atoms with Gasteiger partial charge in [-0.05, 0) is 31.2 Å². The summed E-state index contributed by atoms with van der Waals surface area (Å²) in [6.45, 7) is 3.75. The van der Waals surface area contributed by atoms with Crippen LogP contribution < -0.4 is 5.32 Å². The Kier molecular flexibility index (Phi) is 3.86. The number of hydrogen-bond acceptors (Lipinski definition) is 1. The average Bonchev–Trinajstić information content (AvgIpc) is 2.30. The van der Waals surface area contributed by atoms with E-state index in [4.69, 9.17) is 0 Å². The van der Waals surface area contributed by atoms with Crippen molar-refractivity contribution < 1.29 is 0 Å². The zero-order chi connectivity index (χ0) is 9.80. The summed E-state index contributed by atoms with van der Waals surface area (Å²) in [5, 5.41) is 3.72. The van der Waals surface area contributed by atoms with E-state index in [9.17, 15) is 0 Å². The van der Waals surface area contributed by atoms with Crippen LogP contribution in [0.5, 0.6) is 0 Å². The summed E-state index contributed by atoms with van der Waals surface area (Å²) in [6, 6.07) is 0.840. The van der Waals surface area contributed by atoms with Gasteiger partial charge in [0, 0.05) is 6.04 Å². The van der Waals surface area contributed by atoms with Crippen LogP contribution in [0, 0.1) is 11.8 Å². The van der Waals surface area contributed by atoms with E-state index in [0.717, 1.165) is 17.9 Å². The van der Waals surface area contributed by atoms with E-state index >= 15 is 0 Å². The second kappa shape index (κ2) is 5.16. The van der Waals surface area contributed by atoms with Gasteiger partial charge in [0.15, 0.2) is 0 Å². The van der Waals surface area contributed by atoms with Crippen LogP contribution in [0.3, 0.4) is 0 Å². The molecule has 2 atom stereocenters. The zero-order valence-electron chi connectivity index (χ0n) is 9.60. The van der Waals surface area contributed by atoms with E-state index in [-0.39, 0.29) is 0 Å². The number of hydrogen-bond donors (Lipinski definition) is 1. The molecule has 2 rings (SSSR count). The molecular formula is C13H25N. The molecule has 1 aliphatic carbocycles. The number of piperidine rings is 1. The fourth-order valence-electron chi connectivity index (χ4n) is 3.32. The maximum atomic E-state index is 3.72. The van der Waals surface area contributed by atoms with Gasteiger partial charge in [-0.3, -0.25) is 0 Å². The van der Waals surface area contributed by atoms with Crippen molar-refractivity contribution in [1.82, 2.24) is 5.32 Å². The largest absolute Gasteiger partial charge is 0.314 e. The van der Waals surface area contributed by atoms with Crippen LogP contribution in [0.4, 0.5) is 0 Å². The Morgan fingerprint density at radius 1 is 0.929 bits per heavy atom. The smallest absolute Gasteiger partial charge is 0.00953 e. The first-order valence-corrected chi connectivity index (χ1v) is 6.61. The summed E-state index contributed by atoms with van der Waals surface area (Å²) in [4.78, 5) is 0. The molecule has 0 aromatic carbocycles. The maximum Gasteiger partial charge on any atom is 0.00953 e. The van der Waals surface area contributed by atoms with Crippen molar-refractivity contribution >= 4 is 0 Å². The van der Waals surface area contributed by atoms with E-state index in [1.165, 1.54) is 57.9 Å². The van der Waals surface area contributed by atoms with E-state index in [1.807, 2.05) is 0 Å². The molecule has 2 aliphatic rings. The molecule has 1 saturated carbocycles. The Balaban J connectivity index is 1.82. The SMILES string of the molecule is CC(C1CCCCC1)C1CCCCN1. The van der Waals surface area contributed by atoms with Gasteiger partial charge in [-0.1, -0.05) is 45.4 Å². The normalized spacial score (nSPS) is 32.8. The van der Waals surface area contributed by atoms with Crippen molar-refractivity contribution in [2.75, 3.05) is 6.54 Å². The molecule has 1 aliphatic heterocycles. The highest BCUT2D eigenvalue weighted by Gasteiger charge is 2.27. The summed E-state index contributed by atoms with van der Waals surface area (Å²) in [6.07, 6.45) is 11.7. The first kappa shape index (κ1) is 10.5. The molecule has 14 heavy (non-hydrogen) atoms. The lowest BCUT2D eigenvalue weighted by Crippen LogP contribution is -2.42. The molecule has 2 fully saturated rings. The van der Waals surface area contributed by atoms with E-state index in [2.05, 4.69) is 12.2 Å². The van der Waals surface area contributed by atoms with Gasteiger partial charge < -0.3 is 5.32 Å². The monoisotopic (exact) mass is 195 g/mol. The van der Waals surface area contributed by atoms with Gasteiger partial charge in [0.05, 0.1) is 0 Å². The molecule has 82 valence electrons. The zero-order valence-corrected chi connectivity index (χ0v) is 9.60. The molecule has 0 amide bonds. The van der Waals surface area contributed by atoms with Gasteiger partial charge in [-0.25, -0.2) is 0 Å². The quantitative estimate of drug-likeness (QED) is 0.712. The molecule has 0 radical (unpaired) electrons. The van der Waals surface area contributed by atoms with Gasteiger partial charge in [-0.15, -0.1) is 0 Å². The van der Waals surface area contributed by atoms with Crippen LogP contribution in [0.1, 0.15) is 58.3 Å². The summed E-state index contributed by atoms with van der Waals surface area (Å²) >= 11 is 0. The third-order valence-electron chi connectivity index (χ3n) is 4.38. The topological polar surface area (TPSA) is 12.0 Å². The fraction of sp³-hybridized carbons (Fsp3) is 1.00. The van der Waals surface area contributed by atoms with Gasteiger partial charge in [0.25, 0.3) is 0 Å². The standard InChI is InChI=1S/C13H25N/c1-11(12-7-3-2-4-8-12)13-9-5-6-10-14-13/h11-14H,2-10H2,1H3. The molecule has 2 unspecified atom stereocenters. The molecule has 1 saturated heterocycles. The molecular weight excluding hydrogens is 170 g/mol. The Morgan fingerprint density at radius 2 is 1.64 bits per heavy atom. The molecule has 0 aromatic rings. The summed E-state index contributed by atoms with van der Waals surface area (Å²) < 4.78 is 0. The third kappa shape index (κ3) is 2.50. The van der Waals surface area contributed by atoms with Crippen LogP contribution in [-0.4, -0.2) is 12.6 Å². The van der Waals surface area contributed by atoms with Crippen molar-refractivity contribution in [2.24, 2.45) is 11.8 Å². The first-order chi connectivity index (χ1) is 6.88. The third-order valence-corrected chi connectivity index (χ3v) is 4.38. The highest BCUT2D eigenvalue weighted by molar-refractivity contribution is 4.83. The van der Waals surface area contributed by atoms with Crippen molar-refractivity contribution in [3.63, 3.8) is 0 Å². The predicted octanol–water partition coefficient (Wildman–Crippen LogP) is 3.34. The van der Waals surface area contributed by atoms with E-state index in [0.29, 0.717) is 0 Å². The maximum absolute atomic E-state index is 3.72. The van der Waals surface area contributed by atoms with Crippen molar-refractivity contribution in [3.8, 4) is 0 Å². The Bertz CT molecular complexity index is 137.